The topological polar surface area (TPSA) is 68.0 Å². The fraction of sp³-hybridized carbons (Fsp3) is 0.125. The molecule has 1 aromatic carbocycles. The van der Waals surface area contributed by atoms with E-state index in [1.54, 1.807) is 24.3 Å². The smallest absolute Gasteiger partial charge is 0.230 e. The molecule has 0 unspecified atom stereocenters. The van der Waals surface area contributed by atoms with Gasteiger partial charge in [0.05, 0.1) is 13.0 Å². The molecule has 0 atom stereocenters. The minimum atomic E-state index is -0.181. The SMILES string of the molecule is NCC#Cc1cccc(NC(=O)Cc2ccccc2Cl)n1. The van der Waals surface area contributed by atoms with Crippen molar-refractivity contribution in [3.05, 3.63) is 58.7 Å². The first-order valence-electron chi connectivity index (χ1n) is 6.38. The van der Waals surface area contributed by atoms with Gasteiger partial charge in [-0.3, -0.25) is 4.79 Å². The molecule has 0 saturated heterocycles. The summed E-state index contributed by atoms with van der Waals surface area (Å²) in [5, 5.41) is 3.30. The molecule has 4 nitrogen and oxygen atoms in total. The van der Waals surface area contributed by atoms with Crippen molar-refractivity contribution in [2.45, 2.75) is 6.42 Å². The van der Waals surface area contributed by atoms with Crippen LogP contribution < -0.4 is 11.1 Å². The third-order valence-corrected chi connectivity index (χ3v) is 3.01. The molecule has 1 aromatic heterocycles. The lowest BCUT2D eigenvalue weighted by atomic mass is 10.1. The lowest BCUT2D eigenvalue weighted by Gasteiger charge is -2.06. The molecule has 21 heavy (non-hydrogen) atoms. The fourth-order valence-electron chi connectivity index (χ4n) is 1.72. The largest absolute Gasteiger partial charge is 0.320 e. The zero-order valence-electron chi connectivity index (χ0n) is 11.3. The Morgan fingerprint density at radius 2 is 2.05 bits per heavy atom. The van der Waals surface area contributed by atoms with Gasteiger partial charge < -0.3 is 11.1 Å². The quantitative estimate of drug-likeness (QED) is 0.854. The second-order valence-corrected chi connectivity index (χ2v) is 4.64. The summed E-state index contributed by atoms with van der Waals surface area (Å²) in [5.41, 5.74) is 6.65. The van der Waals surface area contributed by atoms with Crippen LogP contribution in [0.5, 0.6) is 0 Å². The minimum absolute atomic E-state index is 0.181. The van der Waals surface area contributed by atoms with Gasteiger partial charge in [0.1, 0.15) is 11.5 Å². The van der Waals surface area contributed by atoms with Crippen molar-refractivity contribution < 1.29 is 4.79 Å². The third kappa shape index (κ3) is 4.60. The van der Waals surface area contributed by atoms with E-state index in [4.69, 9.17) is 17.3 Å². The Morgan fingerprint density at radius 3 is 2.81 bits per heavy atom. The number of anilines is 1. The number of halogens is 1. The van der Waals surface area contributed by atoms with E-state index in [-0.39, 0.29) is 18.9 Å². The third-order valence-electron chi connectivity index (χ3n) is 2.64. The second kappa shape index (κ2) is 7.44. The van der Waals surface area contributed by atoms with Gasteiger partial charge in [-0.1, -0.05) is 41.8 Å². The highest BCUT2D eigenvalue weighted by atomic mass is 35.5. The predicted octanol–water partition coefficient (Wildman–Crippen LogP) is 2.23. The first-order valence-corrected chi connectivity index (χ1v) is 6.76. The van der Waals surface area contributed by atoms with Crippen LogP contribution in [0.25, 0.3) is 0 Å². The highest BCUT2D eigenvalue weighted by molar-refractivity contribution is 6.31. The molecule has 2 rings (SSSR count). The summed E-state index contributed by atoms with van der Waals surface area (Å²) in [4.78, 5) is 16.2. The number of aromatic nitrogens is 1. The minimum Gasteiger partial charge on any atom is -0.320 e. The Bertz CT molecular complexity index is 704. The summed E-state index contributed by atoms with van der Waals surface area (Å²) in [6.45, 7) is 0.269. The Balaban J connectivity index is 2.04. The van der Waals surface area contributed by atoms with Gasteiger partial charge in [0.15, 0.2) is 0 Å². The van der Waals surface area contributed by atoms with Crippen LogP contribution in [0, 0.1) is 11.8 Å². The normalized spacial score (nSPS) is 9.62. The fourth-order valence-corrected chi connectivity index (χ4v) is 1.92. The molecule has 106 valence electrons. The zero-order chi connectivity index (χ0) is 15.1. The summed E-state index contributed by atoms with van der Waals surface area (Å²) >= 11 is 6.03. The average Bonchev–Trinajstić information content (AvgIpc) is 2.48. The van der Waals surface area contributed by atoms with Crippen molar-refractivity contribution in [1.29, 1.82) is 0 Å². The maximum absolute atomic E-state index is 12.0. The number of benzene rings is 1. The van der Waals surface area contributed by atoms with Gasteiger partial charge in [-0.05, 0) is 29.7 Å². The van der Waals surface area contributed by atoms with Crippen LogP contribution >= 0.6 is 11.6 Å². The van der Waals surface area contributed by atoms with Gasteiger partial charge in [0.25, 0.3) is 0 Å². The number of carbonyl (C=O) groups excluding carboxylic acids is 1. The molecule has 0 aliphatic heterocycles. The van der Waals surface area contributed by atoms with Crippen LogP contribution in [0.1, 0.15) is 11.3 Å². The van der Waals surface area contributed by atoms with Crippen molar-refractivity contribution in [3.63, 3.8) is 0 Å². The van der Waals surface area contributed by atoms with E-state index in [2.05, 4.69) is 22.1 Å². The van der Waals surface area contributed by atoms with E-state index < -0.39 is 0 Å². The molecule has 5 heteroatoms. The summed E-state index contributed by atoms with van der Waals surface area (Å²) < 4.78 is 0. The molecule has 0 fully saturated rings. The van der Waals surface area contributed by atoms with Crippen LogP contribution in [-0.4, -0.2) is 17.4 Å². The Kier molecular flexibility index (Phi) is 5.33. The summed E-state index contributed by atoms with van der Waals surface area (Å²) in [5.74, 6) is 5.81. The van der Waals surface area contributed by atoms with E-state index in [9.17, 15) is 4.79 Å². The molecule has 0 saturated carbocycles. The molecule has 1 heterocycles. The standard InChI is InChI=1S/C16H14ClN3O/c17-14-8-2-1-5-12(14)11-16(21)20-15-9-3-6-13(19-15)7-4-10-18/h1-3,5-6,8-9H,10-11,18H2,(H,19,20,21). The summed E-state index contributed by atoms with van der Waals surface area (Å²) in [6, 6.07) is 12.5. The number of carbonyl (C=O) groups is 1. The lowest BCUT2D eigenvalue weighted by Crippen LogP contribution is -2.15. The Morgan fingerprint density at radius 1 is 1.24 bits per heavy atom. The maximum Gasteiger partial charge on any atom is 0.230 e. The van der Waals surface area contributed by atoms with E-state index in [0.717, 1.165) is 5.56 Å². The number of rotatable bonds is 3. The van der Waals surface area contributed by atoms with Gasteiger partial charge in [0, 0.05) is 5.02 Å². The first kappa shape index (κ1) is 15.0. The molecule has 2 aromatic rings. The van der Waals surface area contributed by atoms with Crippen LogP contribution in [-0.2, 0) is 11.2 Å². The second-order valence-electron chi connectivity index (χ2n) is 4.23. The Labute approximate surface area is 128 Å². The summed E-state index contributed by atoms with van der Waals surface area (Å²) in [7, 11) is 0. The van der Waals surface area contributed by atoms with Crippen molar-refractivity contribution in [2.75, 3.05) is 11.9 Å². The molecule has 0 spiro atoms. The molecular weight excluding hydrogens is 286 g/mol. The first-order chi connectivity index (χ1) is 10.2. The average molecular weight is 300 g/mol. The zero-order valence-corrected chi connectivity index (χ0v) is 12.0. The molecule has 0 aliphatic rings. The van der Waals surface area contributed by atoms with Crippen molar-refractivity contribution in [2.24, 2.45) is 5.73 Å². The molecular formula is C16H14ClN3O. The van der Waals surface area contributed by atoms with E-state index in [0.29, 0.717) is 16.5 Å². The van der Waals surface area contributed by atoms with Crippen LogP contribution in [0.3, 0.4) is 0 Å². The van der Waals surface area contributed by atoms with Gasteiger partial charge in [0.2, 0.25) is 5.91 Å². The van der Waals surface area contributed by atoms with Crippen LogP contribution in [0.2, 0.25) is 5.02 Å². The maximum atomic E-state index is 12.0. The van der Waals surface area contributed by atoms with Gasteiger partial charge >= 0.3 is 0 Å². The molecule has 0 radical (unpaired) electrons. The van der Waals surface area contributed by atoms with Crippen LogP contribution in [0.4, 0.5) is 5.82 Å². The van der Waals surface area contributed by atoms with Crippen molar-refractivity contribution >= 4 is 23.3 Å². The molecule has 0 bridgehead atoms. The summed E-state index contributed by atoms with van der Waals surface area (Å²) in [6.07, 6.45) is 0.195. The van der Waals surface area contributed by atoms with Crippen molar-refractivity contribution in [3.8, 4) is 11.8 Å². The number of amides is 1. The van der Waals surface area contributed by atoms with Gasteiger partial charge in [-0.25, -0.2) is 4.98 Å². The van der Waals surface area contributed by atoms with E-state index in [1.807, 2.05) is 18.2 Å². The van der Waals surface area contributed by atoms with Gasteiger partial charge in [-0.2, -0.15) is 0 Å². The number of nitrogens with one attached hydrogen (secondary N) is 1. The van der Waals surface area contributed by atoms with Crippen LogP contribution in [0.15, 0.2) is 42.5 Å². The van der Waals surface area contributed by atoms with Crippen molar-refractivity contribution in [1.82, 2.24) is 4.98 Å². The lowest BCUT2D eigenvalue weighted by molar-refractivity contribution is -0.115. The highest BCUT2D eigenvalue weighted by Gasteiger charge is 2.07. The number of pyridine rings is 1. The van der Waals surface area contributed by atoms with E-state index in [1.165, 1.54) is 0 Å². The van der Waals surface area contributed by atoms with Gasteiger partial charge in [-0.15, -0.1) is 0 Å². The molecule has 1 amide bonds. The monoisotopic (exact) mass is 299 g/mol. The predicted molar refractivity (Wildman–Crippen MR) is 84.0 cm³/mol. The molecule has 0 aliphatic carbocycles. The number of nitrogens with two attached hydrogens (primary N) is 1. The number of hydrogen-bond acceptors (Lipinski definition) is 3. The Hall–Kier alpha value is -2.35. The molecule has 3 N–H and O–H groups in total. The number of hydrogen-bond donors (Lipinski definition) is 2. The van der Waals surface area contributed by atoms with E-state index >= 15 is 0 Å². The highest BCUT2D eigenvalue weighted by Crippen LogP contribution is 2.16. The number of nitrogens with zero attached hydrogens (tertiary/aromatic N) is 1.